The SMILES string of the molecule is C[C@@H](c1cc2ccccc2o1)N(C)C(=O)CN1Cc2ccccc2C1. The standard InChI is InChI=1S/C21H22N2O2/c1-15(20-11-16-7-5-6-10-19(16)25-20)22(2)21(24)14-23-12-17-8-3-4-9-18(17)13-23/h3-11,15H,12-14H2,1-2H3/t15-/m0/s1. The molecule has 1 amide bonds. The van der Waals surface area contributed by atoms with E-state index in [0.717, 1.165) is 29.8 Å². The first kappa shape index (κ1) is 15.9. The van der Waals surface area contributed by atoms with Crippen LogP contribution in [-0.2, 0) is 17.9 Å². The van der Waals surface area contributed by atoms with E-state index in [1.807, 2.05) is 44.3 Å². The smallest absolute Gasteiger partial charge is 0.237 e. The first-order valence-electron chi connectivity index (χ1n) is 8.65. The summed E-state index contributed by atoms with van der Waals surface area (Å²) < 4.78 is 5.91. The molecule has 4 rings (SSSR count). The fraction of sp³-hybridized carbons (Fsp3) is 0.286. The number of furan rings is 1. The summed E-state index contributed by atoms with van der Waals surface area (Å²) in [5, 5.41) is 1.07. The Balaban J connectivity index is 1.43. The van der Waals surface area contributed by atoms with Crippen LogP contribution in [0.3, 0.4) is 0 Å². The summed E-state index contributed by atoms with van der Waals surface area (Å²) in [7, 11) is 1.85. The third kappa shape index (κ3) is 3.05. The third-order valence-electron chi connectivity index (χ3n) is 5.10. The lowest BCUT2D eigenvalue weighted by atomic mass is 10.1. The van der Waals surface area contributed by atoms with Gasteiger partial charge in [0.15, 0.2) is 0 Å². The van der Waals surface area contributed by atoms with Crippen molar-refractivity contribution < 1.29 is 9.21 Å². The number of carbonyl (C=O) groups excluding carboxylic acids is 1. The Morgan fingerprint density at radius 3 is 2.44 bits per heavy atom. The molecule has 2 aromatic carbocycles. The number of rotatable bonds is 4. The maximum atomic E-state index is 12.7. The van der Waals surface area contributed by atoms with Crippen LogP contribution in [0.5, 0.6) is 0 Å². The number of benzene rings is 2. The monoisotopic (exact) mass is 334 g/mol. The molecule has 0 unspecified atom stereocenters. The predicted molar refractivity (Wildman–Crippen MR) is 98.0 cm³/mol. The van der Waals surface area contributed by atoms with Crippen molar-refractivity contribution in [1.82, 2.24) is 9.80 Å². The summed E-state index contributed by atoms with van der Waals surface area (Å²) in [4.78, 5) is 16.7. The van der Waals surface area contributed by atoms with Gasteiger partial charge in [-0.05, 0) is 30.2 Å². The van der Waals surface area contributed by atoms with Gasteiger partial charge in [0.05, 0.1) is 12.6 Å². The molecule has 4 heteroatoms. The van der Waals surface area contributed by atoms with Crippen LogP contribution in [0.15, 0.2) is 59.0 Å². The fourth-order valence-corrected chi connectivity index (χ4v) is 3.43. The third-order valence-corrected chi connectivity index (χ3v) is 5.10. The molecule has 3 aromatic rings. The Labute approximate surface area is 147 Å². The fourth-order valence-electron chi connectivity index (χ4n) is 3.43. The van der Waals surface area contributed by atoms with Gasteiger partial charge in [0.25, 0.3) is 0 Å². The highest BCUT2D eigenvalue weighted by Crippen LogP contribution is 2.27. The van der Waals surface area contributed by atoms with E-state index in [-0.39, 0.29) is 11.9 Å². The van der Waals surface area contributed by atoms with E-state index in [9.17, 15) is 4.79 Å². The molecule has 128 valence electrons. The molecule has 0 radical (unpaired) electrons. The van der Waals surface area contributed by atoms with E-state index in [1.165, 1.54) is 11.1 Å². The van der Waals surface area contributed by atoms with E-state index < -0.39 is 0 Å². The molecule has 0 fully saturated rings. The normalized spacial score (nSPS) is 15.3. The number of likely N-dealkylation sites (N-methyl/N-ethyl adjacent to an activating group) is 1. The van der Waals surface area contributed by atoms with Gasteiger partial charge in [0.1, 0.15) is 11.3 Å². The molecule has 0 spiro atoms. The molecule has 0 bridgehead atoms. The van der Waals surface area contributed by atoms with Gasteiger partial charge in [-0.15, -0.1) is 0 Å². The van der Waals surface area contributed by atoms with E-state index in [1.54, 1.807) is 4.90 Å². The number of hydrogen-bond acceptors (Lipinski definition) is 3. The van der Waals surface area contributed by atoms with Crippen molar-refractivity contribution in [3.8, 4) is 0 Å². The molecule has 25 heavy (non-hydrogen) atoms. The Bertz CT molecular complexity index is 857. The van der Waals surface area contributed by atoms with E-state index in [0.29, 0.717) is 6.54 Å². The molecule has 0 aliphatic carbocycles. The topological polar surface area (TPSA) is 36.7 Å². The van der Waals surface area contributed by atoms with Gasteiger partial charge in [-0.2, -0.15) is 0 Å². The lowest BCUT2D eigenvalue weighted by Gasteiger charge is -2.25. The highest BCUT2D eigenvalue weighted by Gasteiger charge is 2.25. The van der Waals surface area contributed by atoms with E-state index >= 15 is 0 Å². The highest BCUT2D eigenvalue weighted by molar-refractivity contribution is 5.80. The number of nitrogens with zero attached hydrogens (tertiary/aromatic N) is 2. The zero-order valence-corrected chi connectivity index (χ0v) is 14.6. The average molecular weight is 334 g/mol. The zero-order valence-electron chi connectivity index (χ0n) is 14.6. The van der Waals surface area contributed by atoms with Crippen molar-refractivity contribution >= 4 is 16.9 Å². The minimum atomic E-state index is -0.0927. The molecule has 2 heterocycles. The van der Waals surface area contributed by atoms with Gasteiger partial charge in [-0.1, -0.05) is 42.5 Å². The van der Waals surface area contributed by atoms with Crippen molar-refractivity contribution in [3.05, 3.63) is 71.5 Å². The van der Waals surface area contributed by atoms with Crippen LogP contribution in [-0.4, -0.2) is 29.3 Å². The summed E-state index contributed by atoms with van der Waals surface area (Å²) in [6, 6.07) is 18.3. The molecule has 1 aromatic heterocycles. The quantitative estimate of drug-likeness (QED) is 0.724. The second kappa shape index (κ2) is 6.37. The van der Waals surface area contributed by atoms with Crippen LogP contribution >= 0.6 is 0 Å². The first-order valence-corrected chi connectivity index (χ1v) is 8.65. The molecule has 0 N–H and O–H groups in total. The number of amides is 1. The molecule has 1 aliphatic heterocycles. The minimum Gasteiger partial charge on any atom is -0.459 e. The van der Waals surface area contributed by atoms with Crippen LogP contribution < -0.4 is 0 Å². The summed E-state index contributed by atoms with van der Waals surface area (Å²) >= 11 is 0. The van der Waals surface area contributed by atoms with Crippen molar-refractivity contribution in [3.63, 3.8) is 0 Å². The second-order valence-electron chi connectivity index (χ2n) is 6.78. The van der Waals surface area contributed by atoms with Crippen LogP contribution in [0.25, 0.3) is 11.0 Å². The maximum absolute atomic E-state index is 12.7. The first-order chi connectivity index (χ1) is 12.1. The molecule has 0 saturated heterocycles. The van der Waals surface area contributed by atoms with E-state index in [4.69, 9.17) is 4.42 Å². The Morgan fingerprint density at radius 2 is 1.76 bits per heavy atom. The van der Waals surface area contributed by atoms with Crippen LogP contribution in [0.1, 0.15) is 29.9 Å². The van der Waals surface area contributed by atoms with Gasteiger partial charge in [0.2, 0.25) is 5.91 Å². The lowest BCUT2D eigenvalue weighted by molar-refractivity contribution is -0.133. The van der Waals surface area contributed by atoms with Crippen LogP contribution in [0.2, 0.25) is 0 Å². The van der Waals surface area contributed by atoms with Crippen molar-refractivity contribution in [2.24, 2.45) is 0 Å². The zero-order chi connectivity index (χ0) is 17.4. The van der Waals surface area contributed by atoms with Crippen LogP contribution in [0, 0.1) is 0 Å². The Hall–Kier alpha value is -2.59. The molecular formula is C21H22N2O2. The molecular weight excluding hydrogens is 312 g/mol. The molecule has 1 aliphatic rings. The largest absolute Gasteiger partial charge is 0.459 e. The Kier molecular flexibility index (Phi) is 4.06. The predicted octanol–water partition coefficient (Wildman–Crippen LogP) is 3.97. The number of fused-ring (bicyclic) bond motifs is 2. The molecule has 1 atom stereocenters. The van der Waals surface area contributed by atoms with Crippen molar-refractivity contribution in [2.75, 3.05) is 13.6 Å². The molecule has 0 saturated carbocycles. The maximum Gasteiger partial charge on any atom is 0.237 e. The number of carbonyl (C=O) groups is 1. The summed E-state index contributed by atoms with van der Waals surface area (Å²) in [6.45, 7) is 4.12. The lowest BCUT2D eigenvalue weighted by Crippen LogP contribution is -2.37. The summed E-state index contributed by atoms with van der Waals surface area (Å²) in [5.41, 5.74) is 3.51. The van der Waals surface area contributed by atoms with Gasteiger partial charge in [-0.25, -0.2) is 0 Å². The van der Waals surface area contributed by atoms with Gasteiger partial charge < -0.3 is 9.32 Å². The number of hydrogen-bond donors (Lipinski definition) is 0. The Morgan fingerprint density at radius 1 is 1.12 bits per heavy atom. The van der Waals surface area contributed by atoms with Crippen LogP contribution in [0.4, 0.5) is 0 Å². The molecule has 4 nitrogen and oxygen atoms in total. The van der Waals surface area contributed by atoms with Gasteiger partial charge in [0, 0.05) is 25.5 Å². The summed E-state index contributed by atoms with van der Waals surface area (Å²) in [5.74, 6) is 0.933. The van der Waals surface area contributed by atoms with Crippen molar-refractivity contribution in [1.29, 1.82) is 0 Å². The average Bonchev–Trinajstić information content (AvgIpc) is 3.23. The number of para-hydroxylation sites is 1. The van der Waals surface area contributed by atoms with E-state index in [2.05, 4.69) is 29.2 Å². The highest BCUT2D eigenvalue weighted by atomic mass is 16.3. The van der Waals surface area contributed by atoms with Crippen molar-refractivity contribution in [2.45, 2.75) is 26.1 Å². The minimum absolute atomic E-state index is 0.0927. The van der Waals surface area contributed by atoms with Gasteiger partial charge >= 0.3 is 0 Å². The van der Waals surface area contributed by atoms with Gasteiger partial charge in [-0.3, -0.25) is 9.69 Å². The summed E-state index contributed by atoms with van der Waals surface area (Å²) in [6.07, 6.45) is 0. The second-order valence-corrected chi connectivity index (χ2v) is 6.78.